The average Bonchev–Trinajstić information content (AvgIpc) is 2.21. The van der Waals surface area contributed by atoms with Crippen LogP contribution < -0.4 is 0 Å². The Morgan fingerprint density at radius 1 is 1.38 bits per heavy atom. The summed E-state index contributed by atoms with van der Waals surface area (Å²) in [7, 11) is 1.56. The number of benzene rings is 1. The normalized spacial score (nSPS) is 14.8. The highest BCUT2D eigenvalue weighted by atomic mass is 19.1. The van der Waals surface area contributed by atoms with E-state index in [-0.39, 0.29) is 11.5 Å². The molecule has 0 aliphatic rings. The van der Waals surface area contributed by atoms with Crippen molar-refractivity contribution in [2.24, 2.45) is 5.92 Å². The van der Waals surface area contributed by atoms with Gasteiger partial charge in [-0.05, 0) is 30.5 Å². The Kier molecular flexibility index (Phi) is 4.83. The molecule has 2 unspecified atom stereocenters. The Balaban J connectivity index is 2.72. The van der Waals surface area contributed by atoms with Gasteiger partial charge in [0.2, 0.25) is 0 Å². The van der Waals surface area contributed by atoms with Crippen LogP contribution in [0.25, 0.3) is 0 Å². The molecule has 1 rings (SSSR count). The van der Waals surface area contributed by atoms with Crippen LogP contribution in [-0.2, 0) is 4.74 Å². The van der Waals surface area contributed by atoms with E-state index < -0.39 is 17.7 Å². The average molecular weight is 230 g/mol. The van der Waals surface area contributed by atoms with Crippen LogP contribution in [0.5, 0.6) is 0 Å². The fourth-order valence-corrected chi connectivity index (χ4v) is 1.63. The monoisotopic (exact) mass is 230 g/mol. The van der Waals surface area contributed by atoms with Gasteiger partial charge in [-0.3, -0.25) is 0 Å². The first-order chi connectivity index (χ1) is 7.54. The highest BCUT2D eigenvalue weighted by molar-refractivity contribution is 5.21. The Morgan fingerprint density at radius 2 is 2.06 bits per heavy atom. The van der Waals surface area contributed by atoms with Crippen LogP contribution in [-0.4, -0.2) is 18.8 Å². The molecule has 1 aromatic rings. The quantitative estimate of drug-likeness (QED) is 0.842. The number of ether oxygens (including phenoxy) is 1. The third-order valence-corrected chi connectivity index (χ3v) is 2.39. The molecule has 1 N–H and O–H groups in total. The maximum atomic E-state index is 13.3. The van der Waals surface area contributed by atoms with E-state index in [1.807, 2.05) is 6.92 Å². The molecule has 0 bridgehead atoms. The Hall–Kier alpha value is -1.00. The number of aliphatic hydroxyl groups is 1. The highest BCUT2D eigenvalue weighted by Crippen LogP contribution is 2.24. The van der Waals surface area contributed by atoms with E-state index in [0.29, 0.717) is 13.0 Å². The second-order valence-electron chi connectivity index (χ2n) is 3.98. The van der Waals surface area contributed by atoms with E-state index in [1.54, 1.807) is 7.11 Å². The summed E-state index contributed by atoms with van der Waals surface area (Å²) < 4.78 is 31.1. The molecule has 0 amide bonds. The van der Waals surface area contributed by atoms with Crippen LogP contribution in [0, 0.1) is 17.6 Å². The fraction of sp³-hybridized carbons (Fsp3) is 0.500. The summed E-state index contributed by atoms with van der Waals surface area (Å²) in [4.78, 5) is 0. The molecule has 4 heteroatoms. The lowest BCUT2D eigenvalue weighted by Crippen LogP contribution is -2.10. The van der Waals surface area contributed by atoms with Crippen molar-refractivity contribution < 1.29 is 18.6 Å². The molecule has 0 saturated heterocycles. The van der Waals surface area contributed by atoms with Gasteiger partial charge in [-0.2, -0.15) is 0 Å². The minimum atomic E-state index is -0.999. The molecule has 0 fully saturated rings. The maximum absolute atomic E-state index is 13.3. The molecule has 0 aliphatic carbocycles. The van der Waals surface area contributed by atoms with E-state index in [9.17, 15) is 13.9 Å². The van der Waals surface area contributed by atoms with Gasteiger partial charge in [-0.1, -0.05) is 6.92 Å². The smallest absolute Gasteiger partial charge is 0.129 e. The van der Waals surface area contributed by atoms with Gasteiger partial charge >= 0.3 is 0 Å². The third kappa shape index (κ3) is 3.54. The lowest BCUT2D eigenvalue weighted by molar-refractivity contribution is 0.0995. The van der Waals surface area contributed by atoms with Gasteiger partial charge in [0.25, 0.3) is 0 Å². The SMILES string of the molecule is COCC(C)CC(O)c1cc(F)ccc1F. The standard InChI is InChI=1S/C12H16F2O2/c1-8(7-16-2)5-12(15)10-6-9(13)3-4-11(10)14/h3-4,6,8,12,15H,5,7H2,1-2H3. The van der Waals surface area contributed by atoms with Crippen molar-refractivity contribution in [3.8, 4) is 0 Å². The lowest BCUT2D eigenvalue weighted by atomic mass is 9.98. The molecule has 0 spiro atoms. The number of halogens is 2. The summed E-state index contributed by atoms with van der Waals surface area (Å²) in [5.41, 5.74) is 0.00273. The van der Waals surface area contributed by atoms with Crippen molar-refractivity contribution in [1.29, 1.82) is 0 Å². The molecule has 2 nitrogen and oxygen atoms in total. The predicted molar refractivity (Wildman–Crippen MR) is 57.0 cm³/mol. The largest absolute Gasteiger partial charge is 0.388 e. The van der Waals surface area contributed by atoms with Crippen molar-refractivity contribution in [2.45, 2.75) is 19.4 Å². The van der Waals surface area contributed by atoms with Gasteiger partial charge in [0, 0.05) is 19.3 Å². The van der Waals surface area contributed by atoms with Crippen molar-refractivity contribution >= 4 is 0 Å². The first-order valence-electron chi connectivity index (χ1n) is 5.16. The molecule has 0 aliphatic heterocycles. The van der Waals surface area contributed by atoms with Crippen molar-refractivity contribution in [3.05, 3.63) is 35.4 Å². The molecule has 0 saturated carbocycles. The van der Waals surface area contributed by atoms with Crippen LogP contribution >= 0.6 is 0 Å². The summed E-state index contributed by atoms with van der Waals surface area (Å²) in [6.45, 7) is 2.36. The van der Waals surface area contributed by atoms with Crippen molar-refractivity contribution in [3.63, 3.8) is 0 Å². The predicted octanol–water partition coefficient (Wildman–Crippen LogP) is 2.67. The van der Waals surface area contributed by atoms with Crippen LogP contribution in [0.4, 0.5) is 8.78 Å². The van der Waals surface area contributed by atoms with Gasteiger partial charge in [-0.25, -0.2) is 8.78 Å². The maximum Gasteiger partial charge on any atom is 0.129 e. The first kappa shape index (κ1) is 13.1. The number of aliphatic hydroxyl groups excluding tert-OH is 1. The Morgan fingerprint density at radius 3 is 2.69 bits per heavy atom. The minimum absolute atomic E-state index is 0.00273. The Labute approximate surface area is 93.9 Å². The second-order valence-corrected chi connectivity index (χ2v) is 3.98. The zero-order chi connectivity index (χ0) is 12.1. The zero-order valence-electron chi connectivity index (χ0n) is 9.41. The fourth-order valence-electron chi connectivity index (χ4n) is 1.63. The molecule has 2 atom stereocenters. The van der Waals surface area contributed by atoms with Gasteiger partial charge < -0.3 is 9.84 Å². The topological polar surface area (TPSA) is 29.5 Å². The Bertz CT molecular complexity index is 342. The van der Waals surface area contributed by atoms with Crippen molar-refractivity contribution in [2.75, 3.05) is 13.7 Å². The van der Waals surface area contributed by atoms with Gasteiger partial charge in [0.05, 0.1) is 6.10 Å². The molecular formula is C12H16F2O2. The zero-order valence-corrected chi connectivity index (χ0v) is 9.41. The third-order valence-electron chi connectivity index (χ3n) is 2.39. The van der Waals surface area contributed by atoms with E-state index in [2.05, 4.69) is 0 Å². The molecular weight excluding hydrogens is 214 g/mol. The first-order valence-corrected chi connectivity index (χ1v) is 5.16. The molecule has 0 radical (unpaired) electrons. The molecule has 90 valence electrons. The van der Waals surface area contributed by atoms with Gasteiger partial charge in [0.1, 0.15) is 11.6 Å². The number of hydrogen-bond donors (Lipinski definition) is 1. The van der Waals surface area contributed by atoms with E-state index in [0.717, 1.165) is 18.2 Å². The molecule has 0 aromatic heterocycles. The summed E-state index contributed by atoms with van der Waals surface area (Å²) >= 11 is 0. The molecule has 0 heterocycles. The van der Waals surface area contributed by atoms with E-state index in [4.69, 9.17) is 4.74 Å². The van der Waals surface area contributed by atoms with E-state index in [1.165, 1.54) is 0 Å². The summed E-state index contributed by atoms with van der Waals surface area (Å²) in [6, 6.07) is 3.08. The number of rotatable bonds is 5. The highest BCUT2D eigenvalue weighted by Gasteiger charge is 2.16. The number of hydrogen-bond acceptors (Lipinski definition) is 2. The van der Waals surface area contributed by atoms with Crippen molar-refractivity contribution in [1.82, 2.24) is 0 Å². The van der Waals surface area contributed by atoms with Crippen LogP contribution in [0.15, 0.2) is 18.2 Å². The van der Waals surface area contributed by atoms with Crippen LogP contribution in [0.1, 0.15) is 25.0 Å². The van der Waals surface area contributed by atoms with E-state index >= 15 is 0 Å². The molecule has 1 aromatic carbocycles. The number of methoxy groups -OCH3 is 1. The summed E-state index contributed by atoms with van der Waals surface area (Å²) in [6.07, 6.45) is -0.658. The van der Waals surface area contributed by atoms with Gasteiger partial charge in [-0.15, -0.1) is 0 Å². The minimum Gasteiger partial charge on any atom is -0.388 e. The summed E-state index contributed by atoms with van der Waals surface area (Å²) in [5, 5.41) is 9.76. The van der Waals surface area contributed by atoms with Crippen LogP contribution in [0.3, 0.4) is 0 Å². The second kappa shape index (κ2) is 5.92. The molecule has 16 heavy (non-hydrogen) atoms. The lowest BCUT2D eigenvalue weighted by Gasteiger charge is -2.16. The summed E-state index contributed by atoms with van der Waals surface area (Å²) in [5.74, 6) is -1.05. The van der Waals surface area contributed by atoms with Gasteiger partial charge in [0.15, 0.2) is 0 Å². The van der Waals surface area contributed by atoms with Crippen LogP contribution in [0.2, 0.25) is 0 Å².